The standard InChI is InChI=1S/C14H12ClNO2S/c15-13-4-3-12(19-13)8-16-6-10-2-1-9(14(17)18)5-11(10)7-16/h1-5H,6-8H2,(H,17,18). The van der Waals surface area contributed by atoms with Gasteiger partial charge in [-0.2, -0.15) is 0 Å². The summed E-state index contributed by atoms with van der Waals surface area (Å²) >= 11 is 7.52. The van der Waals surface area contributed by atoms with Crippen molar-refractivity contribution in [1.29, 1.82) is 0 Å². The van der Waals surface area contributed by atoms with E-state index in [1.54, 1.807) is 23.5 Å². The van der Waals surface area contributed by atoms with Crippen LogP contribution in [0.2, 0.25) is 4.34 Å². The number of carboxylic acid groups (broad SMARTS) is 1. The minimum atomic E-state index is -0.869. The molecule has 1 aromatic heterocycles. The minimum Gasteiger partial charge on any atom is -0.478 e. The van der Waals surface area contributed by atoms with Crippen LogP contribution in [-0.4, -0.2) is 16.0 Å². The molecule has 1 N–H and O–H groups in total. The summed E-state index contributed by atoms with van der Waals surface area (Å²) in [7, 11) is 0. The summed E-state index contributed by atoms with van der Waals surface area (Å²) in [5.41, 5.74) is 2.69. The number of carboxylic acids is 1. The van der Waals surface area contributed by atoms with Crippen LogP contribution in [0.3, 0.4) is 0 Å². The maximum atomic E-state index is 10.9. The van der Waals surface area contributed by atoms with Gasteiger partial charge in [0.25, 0.3) is 0 Å². The van der Waals surface area contributed by atoms with Gasteiger partial charge in [-0.3, -0.25) is 4.90 Å². The Balaban J connectivity index is 1.75. The highest BCUT2D eigenvalue weighted by atomic mass is 35.5. The van der Waals surface area contributed by atoms with E-state index in [4.69, 9.17) is 16.7 Å². The number of hydrogen-bond acceptors (Lipinski definition) is 3. The van der Waals surface area contributed by atoms with Crippen molar-refractivity contribution in [2.24, 2.45) is 0 Å². The number of hydrogen-bond donors (Lipinski definition) is 1. The summed E-state index contributed by atoms with van der Waals surface area (Å²) < 4.78 is 0.805. The topological polar surface area (TPSA) is 40.5 Å². The van der Waals surface area contributed by atoms with Crippen molar-refractivity contribution in [3.05, 3.63) is 56.2 Å². The van der Waals surface area contributed by atoms with E-state index in [0.29, 0.717) is 5.56 Å². The van der Waals surface area contributed by atoms with Crippen molar-refractivity contribution in [3.8, 4) is 0 Å². The van der Waals surface area contributed by atoms with E-state index in [-0.39, 0.29) is 0 Å². The van der Waals surface area contributed by atoms with Gasteiger partial charge >= 0.3 is 5.97 Å². The third-order valence-corrected chi connectivity index (χ3v) is 4.47. The molecular formula is C14H12ClNO2S. The largest absolute Gasteiger partial charge is 0.478 e. The van der Waals surface area contributed by atoms with Crippen molar-refractivity contribution in [1.82, 2.24) is 4.90 Å². The number of halogens is 1. The average Bonchev–Trinajstić information content (AvgIpc) is 2.94. The Labute approximate surface area is 120 Å². The first-order valence-corrected chi connectivity index (χ1v) is 7.13. The fraction of sp³-hybridized carbons (Fsp3) is 0.214. The lowest BCUT2D eigenvalue weighted by Gasteiger charge is -2.12. The number of benzene rings is 1. The predicted octanol–water partition coefficient (Wildman–Crippen LogP) is 3.62. The Hall–Kier alpha value is -1.36. The molecule has 5 heteroatoms. The van der Waals surface area contributed by atoms with Gasteiger partial charge < -0.3 is 5.11 Å². The van der Waals surface area contributed by atoms with Gasteiger partial charge in [0, 0.05) is 24.5 Å². The van der Waals surface area contributed by atoms with Crippen LogP contribution in [0, 0.1) is 0 Å². The molecule has 0 bridgehead atoms. The number of carbonyl (C=O) groups is 1. The van der Waals surface area contributed by atoms with Gasteiger partial charge in [-0.1, -0.05) is 17.7 Å². The highest BCUT2D eigenvalue weighted by molar-refractivity contribution is 7.16. The molecule has 1 aliphatic heterocycles. The number of fused-ring (bicyclic) bond motifs is 1. The van der Waals surface area contributed by atoms with E-state index in [1.807, 2.05) is 18.2 Å². The van der Waals surface area contributed by atoms with E-state index >= 15 is 0 Å². The van der Waals surface area contributed by atoms with Gasteiger partial charge in [0.1, 0.15) is 0 Å². The van der Waals surface area contributed by atoms with Crippen molar-refractivity contribution in [2.45, 2.75) is 19.6 Å². The molecule has 0 aliphatic carbocycles. The Kier molecular flexibility index (Phi) is 3.31. The molecule has 1 aliphatic rings. The molecule has 0 spiro atoms. The van der Waals surface area contributed by atoms with Crippen molar-refractivity contribution in [2.75, 3.05) is 0 Å². The van der Waals surface area contributed by atoms with Crippen LogP contribution in [0.25, 0.3) is 0 Å². The highest BCUT2D eigenvalue weighted by Crippen LogP contribution is 2.28. The molecule has 0 amide bonds. The maximum Gasteiger partial charge on any atom is 0.335 e. The number of rotatable bonds is 3. The summed E-state index contributed by atoms with van der Waals surface area (Å²) in [5, 5.41) is 8.99. The molecule has 0 fully saturated rings. The molecule has 0 radical (unpaired) electrons. The van der Waals surface area contributed by atoms with Gasteiger partial charge in [-0.15, -0.1) is 11.3 Å². The summed E-state index contributed by atoms with van der Waals surface area (Å²) in [6, 6.07) is 9.32. The second-order valence-corrected chi connectivity index (χ2v) is 6.44. The summed E-state index contributed by atoms with van der Waals surface area (Å²) in [4.78, 5) is 14.5. The van der Waals surface area contributed by atoms with Crippen molar-refractivity contribution >= 4 is 28.9 Å². The van der Waals surface area contributed by atoms with Crippen LogP contribution in [0.15, 0.2) is 30.3 Å². The maximum absolute atomic E-state index is 10.9. The fourth-order valence-electron chi connectivity index (χ4n) is 2.37. The summed E-state index contributed by atoms with van der Waals surface area (Å²) in [5.74, 6) is -0.869. The third kappa shape index (κ3) is 2.66. The van der Waals surface area contributed by atoms with Crippen LogP contribution in [0.5, 0.6) is 0 Å². The van der Waals surface area contributed by atoms with E-state index < -0.39 is 5.97 Å². The summed E-state index contributed by atoms with van der Waals surface area (Å²) in [6.07, 6.45) is 0. The molecule has 2 heterocycles. The first-order chi connectivity index (χ1) is 9.11. The van der Waals surface area contributed by atoms with Crippen molar-refractivity contribution < 1.29 is 9.90 Å². The van der Waals surface area contributed by atoms with Crippen molar-refractivity contribution in [3.63, 3.8) is 0 Å². The molecule has 3 nitrogen and oxygen atoms in total. The SMILES string of the molecule is O=C(O)c1ccc2c(c1)CN(Cc1ccc(Cl)s1)C2. The molecule has 0 saturated carbocycles. The van der Waals surface area contributed by atoms with Gasteiger partial charge in [0.05, 0.1) is 9.90 Å². The minimum absolute atomic E-state index is 0.361. The van der Waals surface area contributed by atoms with Crippen LogP contribution in [0.4, 0.5) is 0 Å². The molecule has 19 heavy (non-hydrogen) atoms. The molecule has 3 rings (SSSR count). The lowest BCUT2D eigenvalue weighted by Crippen LogP contribution is -2.14. The van der Waals surface area contributed by atoms with Gasteiger partial charge in [0.2, 0.25) is 0 Å². The number of aromatic carboxylic acids is 1. The summed E-state index contributed by atoms with van der Waals surface area (Å²) in [6.45, 7) is 2.52. The van der Waals surface area contributed by atoms with Crippen LogP contribution in [0.1, 0.15) is 26.4 Å². The number of nitrogens with zero attached hydrogens (tertiary/aromatic N) is 1. The van der Waals surface area contributed by atoms with Gasteiger partial charge in [0.15, 0.2) is 0 Å². The van der Waals surface area contributed by atoms with E-state index in [9.17, 15) is 4.79 Å². The highest BCUT2D eigenvalue weighted by Gasteiger charge is 2.20. The smallest absolute Gasteiger partial charge is 0.335 e. The molecule has 0 atom stereocenters. The first-order valence-electron chi connectivity index (χ1n) is 5.93. The van der Waals surface area contributed by atoms with Gasteiger partial charge in [-0.05, 0) is 35.4 Å². The first kappa shape index (κ1) is 12.7. The average molecular weight is 294 g/mol. The Morgan fingerprint density at radius 3 is 2.74 bits per heavy atom. The van der Waals surface area contributed by atoms with E-state index in [0.717, 1.165) is 29.5 Å². The molecule has 0 unspecified atom stereocenters. The fourth-order valence-corrected chi connectivity index (χ4v) is 3.50. The van der Waals surface area contributed by atoms with Gasteiger partial charge in [-0.25, -0.2) is 4.79 Å². The molecule has 98 valence electrons. The normalized spacial score (nSPS) is 14.6. The zero-order valence-corrected chi connectivity index (χ0v) is 11.7. The molecule has 1 aromatic carbocycles. The zero-order valence-electron chi connectivity index (χ0n) is 10.1. The van der Waals surface area contributed by atoms with E-state index in [1.165, 1.54) is 10.4 Å². The molecular weight excluding hydrogens is 282 g/mol. The molecule has 2 aromatic rings. The monoisotopic (exact) mass is 293 g/mol. The predicted molar refractivity (Wildman–Crippen MR) is 75.7 cm³/mol. The second kappa shape index (κ2) is 4.96. The second-order valence-electron chi connectivity index (χ2n) is 4.64. The number of thiophene rings is 1. The van der Waals surface area contributed by atoms with Crippen LogP contribution < -0.4 is 0 Å². The molecule has 0 saturated heterocycles. The van der Waals surface area contributed by atoms with Crippen LogP contribution >= 0.6 is 22.9 Å². The Morgan fingerprint density at radius 1 is 1.26 bits per heavy atom. The van der Waals surface area contributed by atoms with E-state index in [2.05, 4.69) is 4.90 Å². The lowest BCUT2D eigenvalue weighted by molar-refractivity contribution is 0.0696. The zero-order chi connectivity index (χ0) is 13.4. The third-order valence-electron chi connectivity index (χ3n) is 3.25. The van der Waals surface area contributed by atoms with Crippen LogP contribution in [-0.2, 0) is 19.6 Å². The quantitative estimate of drug-likeness (QED) is 0.940. The Bertz CT molecular complexity index is 638. The Morgan fingerprint density at radius 2 is 2.05 bits per heavy atom. The lowest BCUT2D eigenvalue weighted by atomic mass is 10.1.